The second kappa shape index (κ2) is 7.13. The smallest absolute Gasteiger partial charge is 0.248 e. The lowest BCUT2D eigenvalue weighted by atomic mass is 9.85. The van der Waals surface area contributed by atoms with Crippen molar-refractivity contribution in [3.05, 3.63) is 0 Å². The number of carbonyl (C=O) groups is 2. The molecule has 0 bridgehead atoms. The fourth-order valence-electron chi connectivity index (χ4n) is 1.98. The van der Waals surface area contributed by atoms with Gasteiger partial charge in [0.05, 0.1) is 9.98 Å². The Morgan fingerprint density at radius 3 is 2.24 bits per heavy atom. The van der Waals surface area contributed by atoms with Gasteiger partial charge in [0.1, 0.15) is 6.42 Å². The van der Waals surface area contributed by atoms with Gasteiger partial charge in [0.25, 0.3) is 0 Å². The van der Waals surface area contributed by atoms with E-state index in [1.807, 2.05) is 0 Å². The number of thiocarbonyl (C=S) groups is 2. The molecule has 0 aromatic rings. The van der Waals surface area contributed by atoms with E-state index in [0.717, 1.165) is 25.7 Å². The Bertz CT molecular complexity index is 461. The van der Waals surface area contributed by atoms with Crippen molar-refractivity contribution in [2.75, 3.05) is 7.05 Å². The Morgan fingerprint density at radius 2 is 1.71 bits per heavy atom. The van der Waals surface area contributed by atoms with Crippen LogP contribution in [0, 0.1) is 11.8 Å². The number of nitrogens with one attached hydrogen (secondary N) is 3. The fourth-order valence-corrected chi connectivity index (χ4v) is 2.55. The molecule has 2 aliphatic carbocycles. The minimum absolute atomic E-state index is 0.266. The molecule has 0 atom stereocenters. The standard InChI is InChI=1S/C13H20N4O2S2/c1-17(13(21)9-5-6-9)16-11(19)7-10(18)14-15-12(20)8-3-2-4-8/h8-9H,2-7H2,1H3,(H,14,18)(H,15,20)(H,16,19). The monoisotopic (exact) mass is 328 g/mol. The van der Waals surface area contributed by atoms with Crippen LogP contribution in [0.25, 0.3) is 0 Å². The third-order valence-electron chi connectivity index (χ3n) is 3.67. The highest BCUT2D eigenvalue weighted by molar-refractivity contribution is 7.80. The Hall–Kier alpha value is -1.28. The quantitative estimate of drug-likeness (QED) is 0.403. The summed E-state index contributed by atoms with van der Waals surface area (Å²) >= 11 is 10.4. The summed E-state index contributed by atoms with van der Waals surface area (Å²) in [6.45, 7) is 0. The van der Waals surface area contributed by atoms with Gasteiger partial charge in [-0.25, -0.2) is 0 Å². The summed E-state index contributed by atoms with van der Waals surface area (Å²) in [5, 5.41) is 1.52. The van der Waals surface area contributed by atoms with Crippen LogP contribution >= 0.6 is 24.4 Å². The van der Waals surface area contributed by atoms with E-state index in [2.05, 4.69) is 16.3 Å². The zero-order valence-electron chi connectivity index (χ0n) is 12.0. The summed E-state index contributed by atoms with van der Waals surface area (Å²) in [5.74, 6) is -0.0638. The number of amides is 2. The zero-order chi connectivity index (χ0) is 15.4. The van der Waals surface area contributed by atoms with E-state index in [-0.39, 0.29) is 6.42 Å². The highest BCUT2D eigenvalue weighted by atomic mass is 32.1. The second-order valence-electron chi connectivity index (χ2n) is 5.55. The van der Waals surface area contributed by atoms with Gasteiger partial charge in [0, 0.05) is 18.9 Å². The summed E-state index contributed by atoms with van der Waals surface area (Å²) < 4.78 is 0. The minimum atomic E-state index is -0.417. The van der Waals surface area contributed by atoms with Crippen LogP contribution in [-0.2, 0) is 9.59 Å². The van der Waals surface area contributed by atoms with E-state index >= 15 is 0 Å². The van der Waals surface area contributed by atoms with Crippen LogP contribution in [0.15, 0.2) is 0 Å². The van der Waals surface area contributed by atoms with Crippen molar-refractivity contribution in [2.24, 2.45) is 11.8 Å². The lowest BCUT2D eigenvalue weighted by Crippen LogP contribution is -2.48. The SMILES string of the molecule is CN(NC(=O)CC(=O)NNC(=S)C1CCC1)C(=S)C1CC1. The van der Waals surface area contributed by atoms with Crippen LogP contribution in [0.2, 0.25) is 0 Å². The number of nitrogens with zero attached hydrogens (tertiary/aromatic N) is 1. The predicted octanol–water partition coefficient (Wildman–Crippen LogP) is 0.825. The molecule has 2 amide bonds. The lowest BCUT2D eigenvalue weighted by Gasteiger charge is -2.26. The number of carbonyl (C=O) groups excluding carboxylic acids is 2. The molecule has 0 saturated heterocycles. The number of rotatable bonds is 4. The molecule has 2 aliphatic rings. The van der Waals surface area contributed by atoms with E-state index in [1.54, 1.807) is 7.05 Å². The van der Waals surface area contributed by atoms with Gasteiger partial charge in [0.2, 0.25) is 11.8 Å². The molecule has 0 unspecified atom stereocenters. The Labute approximate surface area is 134 Å². The van der Waals surface area contributed by atoms with Crippen LogP contribution in [0.3, 0.4) is 0 Å². The van der Waals surface area contributed by atoms with E-state index in [4.69, 9.17) is 24.4 Å². The highest BCUT2D eigenvalue weighted by Gasteiger charge is 2.29. The molecule has 2 saturated carbocycles. The van der Waals surface area contributed by atoms with Gasteiger partial charge in [-0.15, -0.1) is 0 Å². The number of hydrogen-bond donors (Lipinski definition) is 3. The minimum Gasteiger partial charge on any atom is -0.292 e. The topological polar surface area (TPSA) is 73.5 Å². The number of hydrazine groups is 2. The van der Waals surface area contributed by atoms with Crippen LogP contribution in [0.5, 0.6) is 0 Å². The number of hydrogen-bond acceptors (Lipinski definition) is 4. The molecule has 6 nitrogen and oxygen atoms in total. The van der Waals surface area contributed by atoms with Crippen LogP contribution in [-0.4, -0.2) is 33.8 Å². The first-order valence-electron chi connectivity index (χ1n) is 7.13. The molecular formula is C13H20N4O2S2. The van der Waals surface area contributed by atoms with E-state index in [0.29, 0.717) is 21.8 Å². The first kappa shape index (κ1) is 16.1. The lowest BCUT2D eigenvalue weighted by molar-refractivity contribution is -0.131. The summed E-state index contributed by atoms with van der Waals surface area (Å²) in [5.41, 5.74) is 7.76. The van der Waals surface area contributed by atoms with Crippen molar-refractivity contribution in [3.8, 4) is 0 Å². The molecule has 0 radical (unpaired) electrons. The molecule has 2 fully saturated rings. The maximum Gasteiger partial charge on any atom is 0.248 e. The molecule has 116 valence electrons. The Kier molecular flexibility index (Phi) is 5.46. The average Bonchev–Trinajstić information content (AvgIpc) is 3.17. The van der Waals surface area contributed by atoms with Crippen LogP contribution < -0.4 is 16.3 Å². The molecule has 8 heteroatoms. The van der Waals surface area contributed by atoms with Crippen molar-refractivity contribution < 1.29 is 9.59 Å². The van der Waals surface area contributed by atoms with Gasteiger partial charge in [-0.05, 0) is 25.7 Å². The molecule has 2 rings (SSSR count). The third-order valence-corrected chi connectivity index (χ3v) is 4.71. The average molecular weight is 328 g/mol. The van der Waals surface area contributed by atoms with Gasteiger partial charge < -0.3 is 0 Å². The normalized spacial score (nSPS) is 17.4. The first-order chi connectivity index (χ1) is 9.97. The first-order valence-corrected chi connectivity index (χ1v) is 7.94. The van der Waals surface area contributed by atoms with Crippen LogP contribution in [0.4, 0.5) is 0 Å². The maximum atomic E-state index is 11.7. The van der Waals surface area contributed by atoms with Crippen molar-refractivity contribution >= 4 is 46.2 Å². The van der Waals surface area contributed by atoms with Gasteiger partial charge in [-0.1, -0.05) is 30.9 Å². The van der Waals surface area contributed by atoms with Gasteiger partial charge >= 0.3 is 0 Å². The van der Waals surface area contributed by atoms with Crippen LogP contribution in [0.1, 0.15) is 38.5 Å². The molecular weight excluding hydrogens is 308 g/mol. The van der Waals surface area contributed by atoms with Gasteiger partial charge in [-0.3, -0.25) is 30.9 Å². The van der Waals surface area contributed by atoms with Crippen molar-refractivity contribution in [1.82, 2.24) is 21.3 Å². The largest absolute Gasteiger partial charge is 0.292 e. The second-order valence-corrected chi connectivity index (χ2v) is 6.41. The maximum absolute atomic E-state index is 11.7. The Morgan fingerprint density at radius 1 is 1.05 bits per heavy atom. The molecule has 21 heavy (non-hydrogen) atoms. The summed E-state index contributed by atoms with van der Waals surface area (Å²) in [6.07, 6.45) is 5.18. The summed E-state index contributed by atoms with van der Waals surface area (Å²) in [4.78, 5) is 24.7. The summed E-state index contributed by atoms with van der Waals surface area (Å²) in [7, 11) is 1.69. The molecule has 0 spiro atoms. The molecule has 0 aromatic carbocycles. The van der Waals surface area contributed by atoms with E-state index < -0.39 is 11.8 Å². The van der Waals surface area contributed by atoms with Gasteiger partial charge in [0.15, 0.2) is 0 Å². The van der Waals surface area contributed by atoms with Crippen molar-refractivity contribution in [2.45, 2.75) is 38.5 Å². The molecule has 0 heterocycles. The fraction of sp³-hybridized carbons (Fsp3) is 0.692. The zero-order valence-corrected chi connectivity index (χ0v) is 13.6. The predicted molar refractivity (Wildman–Crippen MR) is 87.1 cm³/mol. The highest BCUT2D eigenvalue weighted by Crippen LogP contribution is 2.31. The third kappa shape index (κ3) is 4.89. The Balaban J connectivity index is 1.63. The van der Waals surface area contributed by atoms with Crippen molar-refractivity contribution in [1.29, 1.82) is 0 Å². The molecule has 0 aliphatic heterocycles. The van der Waals surface area contributed by atoms with Crippen molar-refractivity contribution in [3.63, 3.8) is 0 Å². The van der Waals surface area contributed by atoms with E-state index in [1.165, 1.54) is 11.4 Å². The summed E-state index contributed by atoms with van der Waals surface area (Å²) in [6, 6.07) is 0. The molecule has 0 aromatic heterocycles. The van der Waals surface area contributed by atoms with E-state index in [9.17, 15) is 9.59 Å². The van der Waals surface area contributed by atoms with Gasteiger partial charge in [-0.2, -0.15) is 0 Å². The molecule has 3 N–H and O–H groups in total.